The molecule has 1 aliphatic heterocycles. The maximum absolute atomic E-state index is 12.5. The highest BCUT2D eigenvalue weighted by Crippen LogP contribution is 2.31. The van der Waals surface area contributed by atoms with Crippen molar-refractivity contribution in [3.05, 3.63) is 69.2 Å². The molecule has 3 rings (SSSR count). The Morgan fingerprint density at radius 3 is 2.52 bits per heavy atom. The Balaban J connectivity index is 1.91. The van der Waals surface area contributed by atoms with Crippen LogP contribution < -0.4 is 0 Å². The maximum atomic E-state index is 12.5. The van der Waals surface area contributed by atoms with Gasteiger partial charge in [-0.15, -0.1) is 0 Å². The Bertz CT molecular complexity index is 723. The zero-order chi connectivity index (χ0) is 14.8. The van der Waals surface area contributed by atoms with Crippen molar-refractivity contribution in [1.82, 2.24) is 0 Å². The lowest BCUT2D eigenvalue weighted by molar-refractivity contribution is 0.109. The first-order chi connectivity index (χ1) is 10.2. The van der Waals surface area contributed by atoms with Gasteiger partial charge in [0.2, 0.25) is 5.12 Å². The summed E-state index contributed by atoms with van der Waals surface area (Å²) in [6.07, 6.45) is 0.904. The van der Waals surface area contributed by atoms with Crippen molar-refractivity contribution >= 4 is 45.1 Å². The van der Waals surface area contributed by atoms with Crippen LogP contribution in [0, 0.1) is 0 Å². The number of hydrogen-bond acceptors (Lipinski definition) is 3. The van der Waals surface area contributed by atoms with Crippen LogP contribution in [0.25, 0.3) is 0 Å². The van der Waals surface area contributed by atoms with Gasteiger partial charge in [-0.25, -0.2) is 0 Å². The van der Waals surface area contributed by atoms with Gasteiger partial charge in [-0.3, -0.25) is 9.79 Å². The molecule has 0 saturated heterocycles. The number of hydrogen-bond donors (Lipinski definition) is 0. The average Bonchev–Trinajstić information content (AvgIpc) is 2.47. The van der Waals surface area contributed by atoms with E-state index in [9.17, 15) is 4.79 Å². The predicted molar refractivity (Wildman–Crippen MR) is 89.9 cm³/mol. The molecule has 2 aromatic rings. The molecule has 1 heterocycles. The van der Waals surface area contributed by atoms with Crippen molar-refractivity contribution in [1.29, 1.82) is 0 Å². The van der Waals surface area contributed by atoms with Crippen LogP contribution in [0.4, 0.5) is 0 Å². The Morgan fingerprint density at radius 2 is 1.76 bits per heavy atom. The van der Waals surface area contributed by atoms with Crippen LogP contribution in [0.15, 0.2) is 47.5 Å². The van der Waals surface area contributed by atoms with Gasteiger partial charge in [0.15, 0.2) is 0 Å². The van der Waals surface area contributed by atoms with Gasteiger partial charge in [-0.1, -0.05) is 53.5 Å². The SMILES string of the molecule is O=C(SC1=NCCc2ccccc21)c1c(Cl)cccc1Cl. The van der Waals surface area contributed by atoms with Gasteiger partial charge in [-0.05, 0) is 35.9 Å². The smallest absolute Gasteiger partial charge is 0.228 e. The lowest BCUT2D eigenvalue weighted by Crippen LogP contribution is -2.12. The molecule has 0 saturated carbocycles. The predicted octanol–water partition coefficient (Wildman–Crippen LogP) is 4.87. The highest BCUT2D eigenvalue weighted by molar-refractivity contribution is 8.27. The molecule has 0 unspecified atom stereocenters. The summed E-state index contributed by atoms with van der Waals surface area (Å²) in [5, 5.41) is 1.29. The second-order valence-electron chi connectivity index (χ2n) is 4.58. The fourth-order valence-corrected chi connectivity index (χ4v) is 3.87. The van der Waals surface area contributed by atoms with Crippen LogP contribution >= 0.6 is 35.0 Å². The number of aliphatic imine (C=N–C) groups is 1. The maximum Gasteiger partial charge on any atom is 0.228 e. The largest absolute Gasteiger partial charge is 0.281 e. The summed E-state index contributed by atoms with van der Waals surface area (Å²) < 4.78 is 0. The van der Waals surface area contributed by atoms with Gasteiger partial charge in [0.25, 0.3) is 0 Å². The van der Waals surface area contributed by atoms with Crippen LogP contribution in [-0.2, 0) is 6.42 Å². The molecular formula is C16H11Cl2NOS. The topological polar surface area (TPSA) is 29.4 Å². The molecule has 0 N–H and O–H groups in total. The summed E-state index contributed by atoms with van der Waals surface area (Å²) in [6, 6.07) is 13.1. The average molecular weight is 336 g/mol. The fourth-order valence-electron chi connectivity index (χ4n) is 2.23. The number of carbonyl (C=O) groups is 1. The fraction of sp³-hybridized carbons (Fsp3) is 0.125. The number of fused-ring (bicyclic) bond motifs is 1. The molecule has 5 heteroatoms. The highest BCUT2D eigenvalue weighted by atomic mass is 35.5. The van der Waals surface area contributed by atoms with E-state index in [4.69, 9.17) is 23.2 Å². The third-order valence-corrected chi connectivity index (χ3v) is 4.80. The molecule has 0 fully saturated rings. The third kappa shape index (κ3) is 3.00. The van der Waals surface area contributed by atoms with Gasteiger partial charge in [-0.2, -0.15) is 0 Å². The lowest BCUT2D eigenvalue weighted by Gasteiger charge is -2.16. The van der Waals surface area contributed by atoms with Gasteiger partial charge >= 0.3 is 0 Å². The van der Waals surface area contributed by atoms with Crippen molar-refractivity contribution in [3.8, 4) is 0 Å². The molecule has 0 amide bonds. The molecule has 0 radical (unpaired) electrons. The van der Waals surface area contributed by atoms with Gasteiger partial charge in [0.05, 0.1) is 15.6 Å². The third-order valence-electron chi connectivity index (χ3n) is 3.24. The van der Waals surface area contributed by atoms with Crippen molar-refractivity contribution in [2.75, 3.05) is 6.54 Å². The molecular weight excluding hydrogens is 325 g/mol. The summed E-state index contributed by atoms with van der Waals surface area (Å²) in [5.74, 6) is 0. The summed E-state index contributed by atoms with van der Waals surface area (Å²) >= 11 is 13.3. The second-order valence-corrected chi connectivity index (χ2v) is 6.36. The molecule has 0 aliphatic carbocycles. The van der Waals surface area contributed by atoms with Crippen molar-refractivity contribution < 1.29 is 4.79 Å². The Morgan fingerprint density at radius 1 is 1.05 bits per heavy atom. The van der Waals surface area contributed by atoms with Gasteiger partial charge in [0, 0.05) is 12.1 Å². The minimum Gasteiger partial charge on any atom is -0.281 e. The van der Waals surface area contributed by atoms with E-state index in [0.29, 0.717) is 22.2 Å². The molecule has 0 bridgehead atoms. The lowest BCUT2D eigenvalue weighted by atomic mass is 10.0. The Kier molecular flexibility index (Phi) is 4.34. The minimum atomic E-state index is -0.180. The van der Waals surface area contributed by atoms with E-state index >= 15 is 0 Å². The van der Waals surface area contributed by atoms with E-state index in [1.807, 2.05) is 18.2 Å². The molecule has 2 nitrogen and oxygen atoms in total. The van der Waals surface area contributed by atoms with E-state index in [1.165, 1.54) is 5.56 Å². The van der Waals surface area contributed by atoms with E-state index < -0.39 is 0 Å². The molecule has 2 aromatic carbocycles. The van der Waals surface area contributed by atoms with Crippen LogP contribution in [0.1, 0.15) is 21.5 Å². The normalized spacial score (nSPS) is 13.5. The number of carbonyl (C=O) groups excluding carboxylic acids is 1. The molecule has 1 aliphatic rings. The van der Waals surface area contributed by atoms with E-state index in [2.05, 4.69) is 11.1 Å². The number of rotatable bonds is 1. The summed E-state index contributed by atoms with van der Waals surface area (Å²) in [4.78, 5) is 16.9. The van der Waals surface area contributed by atoms with Gasteiger partial charge in [0.1, 0.15) is 5.04 Å². The van der Waals surface area contributed by atoms with Crippen LogP contribution in [0.3, 0.4) is 0 Å². The highest BCUT2D eigenvalue weighted by Gasteiger charge is 2.21. The quantitative estimate of drug-likeness (QED) is 0.743. The van der Waals surface area contributed by atoms with Crippen LogP contribution in [-0.4, -0.2) is 16.7 Å². The Hall–Kier alpha value is -1.29. The number of thioether (sulfide) groups is 1. The van der Waals surface area contributed by atoms with E-state index in [-0.39, 0.29) is 5.12 Å². The first-order valence-electron chi connectivity index (χ1n) is 6.46. The standard InChI is InChI=1S/C16H11Cl2NOS/c17-12-6-3-7-13(18)14(12)16(20)21-15-11-5-2-1-4-10(11)8-9-19-15/h1-7H,8-9H2. The monoisotopic (exact) mass is 335 g/mol. The van der Waals surface area contributed by atoms with E-state index in [1.54, 1.807) is 18.2 Å². The van der Waals surface area contributed by atoms with Crippen LogP contribution in [0.2, 0.25) is 10.0 Å². The first-order valence-corrected chi connectivity index (χ1v) is 8.03. The Labute approximate surface area is 137 Å². The zero-order valence-electron chi connectivity index (χ0n) is 11.0. The molecule has 0 spiro atoms. The van der Waals surface area contributed by atoms with Crippen molar-refractivity contribution in [2.24, 2.45) is 4.99 Å². The summed E-state index contributed by atoms with van der Waals surface area (Å²) in [5.41, 5.74) is 2.58. The summed E-state index contributed by atoms with van der Waals surface area (Å²) in [6.45, 7) is 0.697. The van der Waals surface area contributed by atoms with Crippen molar-refractivity contribution in [2.45, 2.75) is 6.42 Å². The molecule has 0 atom stereocenters. The first kappa shape index (κ1) is 14.6. The molecule has 106 valence electrons. The number of nitrogens with zero attached hydrogens (tertiary/aromatic N) is 1. The number of halogens is 2. The minimum absolute atomic E-state index is 0.180. The van der Waals surface area contributed by atoms with E-state index in [0.717, 1.165) is 28.8 Å². The van der Waals surface area contributed by atoms with Crippen LogP contribution in [0.5, 0.6) is 0 Å². The second kappa shape index (κ2) is 6.22. The van der Waals surface area contributed by atoms with Gasteiger partial charge < -0.3 is 0 Å². The zero-order valence-corrected chi connectivity index (χ0v) is 13.3. The number of benzene rings is 2. The molecule has 0 aromatic heterocycles. The molecule has 21 heavy (non-hydrogen) atoms. The van der Waals surface area contributed by atoms with Crippen molar-refractivity contribution in [3.63, 3.8) is 0 Å². The summed E-state index contributed by atoms with van der Waals surface area (Å²) in [7, 11) is 0.